The van der Waals surface area contributed by atoms with Gasteiger partial charge < -0.3 is 45.0 Å². The molecule has 5 N–H and O–H groups in total. The molecule has 0 saturated carbocycles. The van der Waals surface area contributed by atoms with Crippen LogP contribution in [-0.4, -0.2) is 90.9 Å². The molecule has 5 atom stereocenters. The van der Waals surface area contributed by atoms with Crippen LogP contribution in [0.5, 0.6) is 5.75 Å². The number of likely N-dealkylation sites (tertiary alicyclic amines) is 1. The first-order valence-corrected chi connectivity index (χ1v) is 21.4. The summed E-state index contributed by atoms with van der Waals surface area (Å²) in [6.07, 6.45) is 2.62. The molecule has 3 aromatic heterocycles. The van der Waals surface area contributed by atoms with E-state index in [1.807, 2.05) is 38.1 Å². The van der Waals surface area contributed by atoms with E-state index in [4.69, 9.17) is 14.7 Å². The zero-order chi connectivity index (χ0) is 45.4. The molecule has 336 valence electrons. The van der Waals surface area contributed by atoms with Gasteiger partial charge in [-0.1, -0.05) is 39.8 Å². The molecular weight excluding hydrogens is 829 g/mol. The Bertz CT molecular complexity index is 2680. The molecule has 2 fully saturated rings. The van der Waals surface area contributed by atoms with Crippen LogP contribution >= 0.6 is 0 Å². The topological polar surface area (TPSA) is 200 Å². The lowest BCUT2D eigenvalue weighted by Crippen LogP contribution is -2.51. The molecule has 0 radical (unpaired) electrons. The van der Waals surface area contributed by atoms with E-state index in [0.29, 0.717) is 35.8 Å². The molecule has 64 heavy (non-hydrogen) atoms. The number of hydrogen-bond acceptors (Lipinski definition) is 9. The van der Waals surface area contributed by atoms with Crippen molar-refractivity contribution >= 4 is 51.8 Å². The number of imidazole rings is 2. The van der Waals surface area contributed by atoms with Gasteiger partial charge in [-0.05, 0) is 109 Å². The van der Waals surface area contributed by atoms with Crippen LogP contribution in [0.4, 0.5) is 24.1 Å². The molecule has 18 heteroatoms. The molecule has 3 aromatic carbocycles. The quantitative estimate of drug-likeness (QED) is 0.0749. The number of nitrogens with one attached hydrogen (secondary N) is 4. The third-order valence-corrected chi connectivity index (χ3v) is 12.2. The van der Waals surface area contributed by atoms with Crippen molar-refractivity contribution in [2.45, 2.75) is 90.2 Å². The molecule has 2 aliphatic heterocycles. The predicted octanol–water partition coefficient (Wildman–Crippen LogP) is 8.57. The number of carbonyl (C=O) groups is 4. The number of amides is 3. The number of alkyl carbamates (subject to hydrolysis) is 1. The van der Waals surface area contributed by atoms with E-state index in [2.05, 4.69) is 42.4 Å². The van der Waals surface area contributed by atoms with Crippen molar-refractivity contribution in [2.75, 3.05) is 18.6 Å². The first-order valence-electron chi connectivity index (χ1n) is 21.4. The zero-order valence-corrected chi connectivity index (χ0v) is 36.0. The van der Waals surface area contributed by atoms with Gasteiger partial charge in [0.15, 0.2) is 5.82 Å². The second-order valence-electron chi connectivity index (χ2n) is 17.0. The van der Waals surface area contributed by atoms with Crippen LogP contribution in [0.2, 0.25) is 0 Å². The maximum atomic E-state index is 13.8. The SMILES string of the molecule is COC(=O)NC(C(=O)N1CCCC1c1nc2cc(C3CCC(c4ccc5[nH]c(-c6cccn6C(=O)[C@@H](NC(=O)O)C(C)C)nc5c4)N3c3ccc(OC(F)F)cc3)ccc2[nH]1)C(C)C. The molecule has 3 amide bonds. The van der Waals surface area contributed by atoms with Crippen LogP contribution in [0, 0.1) is 11.8 Å². The van der Waals surface area contributed by atoms with Gasteiger partial charge >= 0.3 is 18.8 Å². The van der Waals surface area contributed by atoms with E-state index in [-0.39, 0.29) is 41.6 Å². The minimum atomic E-state index is -2.96. The van der Waals surface area contributed by atoms with Crippen molar-refractivity contribution in [3.8, 4) is 17.3 Å². The molecule has 2 aliphatic rings. The number of fused-ring (bicyclic) bond motifs is 2. The van der Waals surface area contributed by atoms with Crippen LogP contribution in [-0.2, 0) is 9.53 Å². The predicted molar refractivity (Wildman–Crippen MR) is 234 cm³/mol. The van der Waals surface area contributed by atoms with Crippen molar-refractivity contribution < 1.29 is 42.5 Å². The van der Waals surface area contributed by atoms with Crippen LogP contribution in [0.25, 0.3) is 33.6 Å². The zero-order valence-electron chi connectivity index (χ0n) is 36.0. The number of nitrogens with zero attached hydrogens (tertiary/aromatic N) is 5. The Morgan fingerprint density at radius 1 is 0.781 bits per heavy atom. The summed E-state index contributed by atoms with van der Waals surface area (Å²) >= 11 is 0. The first-order chi connectivity index (χ1) is 30.7. The van der Waals surface area contributed by atoms with Gasteiger partial charge in [-0.3, -0.25) is 14.2 Å². The first kappa shape index (κ1) is 43.7. The highest BCUT2D eigenvalue weighted by molar-refractivity contribution is 5.91. The smallest absolute Gasteiger partial charge is 0.407 e. The Labute approximate surface area is 367 Å². The van der Waals surface area contributed by atoms with Crippen LogP contribution in [0.1, 0.15) is 93.2 Å². The Balaban J connectivity index is 1.10. The summed E-state index contributed by atoms with van der Waals surface area (Å²) in [4.78, 5) is 71.8. The molecule has 16 nitrogen and oxygen atoms in total. The summed E-state index contributed by atoms with van der Waals surface area (Å²) in [6, 6.07) is 19.8. The number of aromatic amines is 2. The molecular formula is C46H51F2N9O7. The fraction of sp³-hybridized carbons (Fsp3) is 0.391. The average Bonchev–Trinajstić information content (AvgIpc) is 4.12. The highest BCUT2D eigenvalue weighted by Crippen LogP contribution is 2.48. The third-order valence-electron chi connectivity index (χ3n) is 12.2. The van der Waals surface area contributed by atoms with Gasteiger partial charge in [0, 0.05) is 18.4 Å². The second-order valence-corrected chi connectivity index (χ2v) is 17.0. The monoisotopic (exact) mass is 879 g/mol. The fourth-order valence-electron chi connectivity index (χ4n) is 9.14. The largest absolute Gasteiger partial charge is 0.465 e. The highest BCUT2D eigenvalue weighted by atomic mass is 19.3. The Morgan fingerprint density at radius 3 is 2.02 bits per heavy atom. The summed E-state index contributed by atoms with van der Waals surface area (Å²) in [6.45, 7) is 4.86. The van der Waals surface area contributed by atoms with E-state index < -0.39 is 36.8 Å². The van der Waals surface area contributed by atoms with Gasteiger partial charge in [0.2, 0.25) is 5.91 Å². The summed E-state index contributed by atoms with van der Waals surface area (Å²) in [5.41, 5.74) is 6.18. The number of aromatic nitrogens is 5. The summed E-state index contributed by atoms with van der Waals surface area (Å²) in [5, 5.41) is 14.4. The number of methoxy groups -OCH3 is 1. The molecule has 6 aromatic rings. The van der Waals surface area contributed by atoms with Gasteiger partial charge in [-0.25, -0.2) is 19.6 Å². The summed E-state index contributed by atoms with van der Waals surface area (Å²) < 4.78 is 37.2. The van der Waals surface area contributed by atoms with Crippen molar-refractivity contribution in [3.05, 3.63) is 95.9 Å². The Kier molecular flexibility index (Phi) is 12.3. The fourth-order valence-corrected chi connectivity index (χ4v) is 9.14. The van der Waals surface area contributed by atoms with E-state index in [0.717, 1.165) is 52.6 Å². The number of anilines is 1. The number of H-pyrrole nitrogens is 2. The van der Waals surface area contributed by atoms with Crippen molar-refractivity contribution in [1.29, 1.82) is 0 Å². The van der Waals surface area contributed by atoms with E-state index in [1.54, 1.807) is 49.2 Å². The van der Waals surface area contributed by atoms with Crippen molar-refractivity contribution in [2.24, 2.45) is 11.8 Å². The number of carbonyl (C=O) groups excluding carboxylic acids is 3. The molecule has 0 aliphatic carbocycles. The molecule has 8 rings (SSSR count). The second kappa shape index (κ2) is 18.0. The summed E-state index contributed by atoms with van der Waals surface area (Å²) in [7, 11) is 1.27. The van der Waals surface area contributed by atoms with Gasteiger partial charge in [0.25, 0.3) is 5.91 Å². The van der Waals surface area contributed by atoms with E-state index in [9.17, 15) is 33.1 Å². The molecule has 4 unspecified atom stereocenters. The van der Waals surface area contributed by atoms with Gasteiger partial charge in [-0.15, -0.1) is 0 Å². The maximum Gasteiger partial charge on any atom is 0.407 e. The van der Waals surface area contributed by atoms with Crippen molar-refractivity contribution in [3.63, 3.8) is 0 Å². The normalized spacial score (nSPS) is 18.6. The van der Waals surface area contributed by atoms with Crippen LogP contribution < -0.4 is 20.3 Å². The van der Waals surface area contributed by atoms with E-state index in [1.165, 1.54) is 23.8 Å². The van der Waals surface area contributed by atoms with E-state index >= 15 is 0 Å². The standard InChI is InChI=1S/C46H51F2N9O7/c1-24(2)38(53-45(60)61)42(58)55-20-6-8-36(55)40-49-30-16-10-26(22-32(30)51-40)34-18-19-35(57(34)28-12-14-29(15-13-28)64-44(47)48)27-11-17-31-33(23-27)52-41(50-31)37-9-7-21-56(37)43(59)39(25(3)4)54-46(62)63-5/h6,8,10-17,20,22-25,34-35,37-39,44,53H,7,9,18-19,21H2,1-5H3,(H,49,51)(H,50,52)(H,54,62)(H,60,61)/t34?,35?,37?,38-,39?/m0/s1. The highest BCUT2D eigenvalue weighted by Gasteiger charge is 2.39. The van der Waals surface area contributed by atoms with Crippen LogP contribution in [0.3, 0.4) is 0 Å². The van der Waals surface area contributed by atoms with Gasteiger partial charge in [0.1, 0.15) is 23.7 Å². The number of hydrogen-bond donors (Lipinski definition) is 5. The molecule has 5 heterocycles. The number of ether oxygens (including phenoxy) is 2. The van der Waals surface area contributed by atoms with Gasteiger partial charge in [-0.2, -0.15) is 8.78 Å². The Morgan fingerprint density at radius 2 is 1.41 bits per heavy atom. The molecule has 2 saturated heterocycles. The minimum absolute atomic E-state index is 0.0453. The average molecular weight is 880 g/mol. The molecule has 0 bridgehead atoms. The lowest BCUT2D eigenvalue weighted by molar-refractivity contribution is -0.135. The number of carboxylic acid groups (broad SMARTS) is 1. The lowest BCUT2D eigenvalue weighted by atomic mass is 10.0. The third kappa shape index (κ3) is 8.68. The number of rotatable bonds is 13. The molecule has 0 spiro atoms. The van der Waals surface area contributed by atoms with Crippen molar-refractivity contribution in [1.82, 2.24) is 40.0 Å². The number of alkyl halides is 2. The minimum Gasteiger partial charge on any atom is -0.465 e. The number of benzene rings is 3. The van der Waals surface area contributed by atoms with Crippen LogP contribution in [0.15, 0.2) is 79.0 Å². The lowest BCUT2D eigenvalue weighted by Gasteiger charge is -2.33. The maximum absolute atomic E-state index is 13.8. The Hall–Kier alpha value is -6.98. The number of halogens is 2. The summed E-state index contributed by atoms with van der Waals surface area (Å²) in [5.74, 6) is 0.0531. The van der Waals surface area contributed by atoms with Gasteiger partial charge in [0.05, 0.1) is 53.0 Å².